The number of nitrogens with zero attached hydrogens (tertiary/aromatic N) is 2. The van der Waals surface area contributed by atoms with Gasteiger partial charge in [0, 0.05) is 18.8 Å². The minimum absolute atomic E-state index is 0.274. The van der Waals surface area contributed by atoms with E-state index < -0.39 is 10.0 Å². The first-order valence-electron chi connectivity index (χ1n) is 6.67. The fourth-order valence-electron chi connectivity index (χ4n) is 1.96. The Kier molecular flexibility index (Phi) is 5.10. The summed E-state index contributed by atoms with van der Waals surface area (Å²) in [5.74, 6) is 0. The Morgan fingerprint density at radius 3 is 2.71 bits per heavy atom. The van der Waals surface area contributed by atoms with Gasteiger partial charge in [0.2, 0.25) is 0 Å². The molecular weight excluding hydrogens is 306 g/mol. The summed E-state index contributed by atoms with van der Waals surface area (Å²) in [4.78, 5) is 4.37. The first-order valence-corrected chi connectivity index (χ1v) is 8.99. The van der Waals surface area contributed by atoms with Crippen LogP contribution in [0.2, 0.25) is 0 Å². The van der Waals surface area contributed by atoms with E-state index in [0.29, 0.717) is 17.3 Å². The number of rotatable bonds is 6. The van der Waals surface area contributed by atoms with Gasteiger partial charge in [0.1, 0.15) is 4.21 Å². The summed E-state index contributed by atoms with van der Waals surface area (Å²) in [6, 6.07) is 7.26. The lowest BCUT2D eigenvalue weighted by Gasteiger charge is -2.19. The van der Waals surface area contributed by atoms with Crippen molar-refractivity contribution in [2.45, 2.75) is 31.1 Å². The number of aromatic nitrogens is 1. The van der Waals surface area contributed by atoms with E-state index in [-0.39, 0.29) is 6.54 Å². The highest BCUT2D eigenvalue weighted by molar-refractivity contribution is 7.91. The molecule has 0 bridgehead atoms. The Morgan fingerprint density at radius 2 is 2.14 bits per heavy atom. The number of pyridine rings is 1. The number of thiophene rings is 1. The molecule has 0 aliphatic rings. The van der Waals surface area contributed by atoms with E-state index in [9.17, 15) is 8.42 Å². The molecule has 0 fully saturated rings. The predicted molar refractivity (Wildman–Crippen MR) is 84.5 cm³/mol. The van der Waals surface area contributed by atoms with E-state index in [4.69, 9.17) is 5.73 Å². The number of hydrogen-bond donors (Lipinski definition) is 1. The first kappa shape index (κ1) is 16.1. The van der Waals surface area contributed by atoms with Gasteiger partial charge in [-0.1, -0.05) is 13.0 Å². The maximum atomic E-state index is 12.6. The van der Waals surface area contributed by atoms with Crippen LogP contribution in [0.3, 0.4) is 0 Å². The van der Waals surface area contributed by atoms with E-state index in [2.05, 4.69) is 4.98 Å². The maximum Gasteiger partial charge on any atom is 0.252 e. The van der Waals surface area contributed by atoms with Gasteiger partial charge in [0.05, 0.1) is 12.2 Å². The Morgan fingerprint density at radius 1 is 1.38 bits per heavy atom. The van der Waals surface area contributed by atoms with Gasteiger partial charge in [0.15, 0.2) is 0 Å². The van der Waals surface area contributed by atoms with Gasteiger partial charge in [-0.2, -0.15) is 4.31 Å². The monoisotopic (exact) mass is 325 g/mol. The normalized spacial score (nSPS) is 12.0. The smallest absolute Gasteiger partial charge is 0.252 e. The molecule has 2 rings (SSSR count). The number of hydrogen-bond acceptors (Lipinski definition) is 5. The fraction of sp³-hybridized carbons (Fsp3) is 0.357. The van der Waals surface area contributed by atoms with Crippen molar-refractivity contribution in [1.29, 1.82) is 0 Å². The minimum atomic E-state index is -3.50. The molecule has 2 heterocycles. The van der Waals surface area contributed by atoms with Crippen LogP contribution in [-0.2, 0) is 23.1 Å². The zero-order chi connectivity index (χ0) is 15.5. The van der Waals surface area contributed by atoms with Gasteiger partial charge in [-0.25, -0.2) is 8.42 Å². The molecule has 2 aromatic rings. The van der Waals surface area contributed by atoms with Crippen molar-refractivity contribution < 1.29 is 8.42 Å². The van der Waals surface area contributed by atoms with Crippen molar-refractivity contribution in [3.8, 4) is 0 Å². The molecule has 5 nitrogen and oxygen atoms in total. The Labute approximate surface area is 129 Å². The fourth-order valence-corrected chi connectivity index (χ4v) is 4.75. The number of nitrogens with two attached hydrogens (primary N) is 1. The summed E-state index contributed by atoms with van der Waals surface area (Å²) in [7, 11) is -3.50. The molecule has 21 heavy (non-hydrogen) atoms. The summed E-state index contributed by atoms with van der Waals surface area (Å²) >= 11 is 1.21. The van der Waals surface area contributed by atoms with E-state index in [0.717, 1.165) is 17.0 Å². The molecule has 2 N–H and O–H groups in total. The molecule has 2 aromatic heterocycles. The zero-order valence-corrected chi connectivity index (χ0v) is 13.7. The largest absolute Gasteiger partial charge is 0.326 e. The second kappa shape index (κ2) is 6.65. The topological polar surface area (TPSA) is 76.3 Å². The quantitative estimate of drug-likeness (QED) is 0.882. The highest BCUT2D eigenvalue weighted by Gasteiger charge is 2.25. The van der Waals surface area contributed by atoms with Crippen LogP contribution in [0.1, 0.15) is 23.9 Å². The Bertz CT molecular complexity index is 711. The number of sulfonamides is 1. The van der Waals surface area contributed by atoms with Crippen LogP contribution >= 0.6 is 11.3 Å². The highest BCUT2D eigenvalue weighted by atomic mass is 32.2. The van der Waals surface area contributed by atoms with Crippen molar-refractivity contribution in [2.24, 2.45) is 5.73 Å². The van der Waals surface area contributed by atoms with Crippen LogP contribution in [0, 0.1) is 6.92 Å². The molecule has 0 aliphatic heterocycles. The molecule has 0 spiro atoms. The van der Waals surface area contributed by atoms with E-state index >= 15 is 0 Å². The lowest BCUT2D eigenvalue weighted by atomic mass is 10.3. The summed E-state index contributed by atoms with van der Waals surface area (Å²) < 4.78 is 27.1. The lowest BCUT2D eigenvalue weighted by Crippen LogP contribution is -2.30. The highest BCUT2D eigenvalue weighted by Crippen LogP contribution is 2.24. The maximum absolute atomic E-state index is 12.6. The third-order valence-corrected chi connectivity index (χ3v) is 6.48. The average Bonchev–Trinajstić information content (AvgIpc) is 2.94. The molecule has 0 amide bonds. The standard InChI is InChI=1S/C14H19N3O2S2/c1-3-17(9-13-6-4-5-11(2)16-13)21(18,19)14-7-12(8-15)10-20-14/h4-7,10H,3,8-9,15H2,1-2H3. The van der Waals surface area contributed by atoms with Gasteiger partial charge >= 0.3 is 0 Å². The predicted octanol–water partition coefficient (Wildman–Crippen LogP) is 2.12. The average molecular weight is 325 g/mol. The van der Waals surface area contributed by atoms with E-state index in [1.807, 2.05) is 32.0 Å². The first-order chi connectivity index (χ1) is 9.97. The molecule has 0 saturated carbocycles. The molecule has 114 valence electrons. The van der Waals surface area contributed by atoms with Crippen molar-refractivity contribution >= 4 is 21.4 Å². The van der Waals surface area contributed by atoms with Crippen LogP contribution in [-0.4, -0.2) is 24.3 Å². The second-order valence-corrected chi connectivity index (χ2v) is 7.76. The van der Waals surface area contributed by atoms with Crippen molar-refractivity contribution in [3.05, 3.63) is 46.6 Å². The van der Waals surface area contributed by atoms with Crippen LogP contribution in [0.25, 0.3) is 0 Å². The van der Waals surface area contributed by atoms with Crippen LogP contribution in [0.5, 0.6) is 0 Å². The molecule has 0 radical (unpaired) electrons. The third kappa shape index (κ3) is 3.68. The van der Waals surface area contributed by atoms with Crippen LogP contribution in [0.15, 0.2) is 33.9 Å². The minimum Gasteiger partial charge on any atom is -0.326 e. The molecule has 0 atom stereocenters. The lowest BCUT2D eigenvalue weighted by molar-refractivity contribution is 0.420. The van der Waals surface area contributed by atoms with E-state index in [1.54, 1.807) is 11.4 Å². The summed E-state index contributed by atoms with van der Waals surface area (Å²) in [6.07, 6.45) is 0. The zero-order valence-electron chi connectivity index (χ0n) is 12.1. The summed E-state index contributed by atoms with van der Waals surface area (Å²) in [5.41, 5.74) is 8.00. The van der Waals surface area contributed by atoms with Gasteiger partial charge in [0.25, 0.3) is 10.0 Å². The van der Waals surface area contributed by atoms with Crippen molar-refractivity contribution in [1.82, 2.24) is 9.29 Å². The molecule has 0 aromatic carbocycles. The van der Waals surface area contributed by atoms with Gasteiger partial charge in [-0.15, -0.1) is 11.3 Å². The Hall–Kier alpha value is -1.28. The van der Waals surface area contributed by atoms with Gasteiger partial charge in [-0.05, 0) is 36.1 Å². The molecule has 0 aliphatic carbocycles. The van der Waals surface area contributed by atoms with Crippen molar-refractivity contribution in [2.75, 3.05) is 6.54 Å². The molecule has 0 saturated heterocycles. The SMILES string of the molecule is CCN(Cc1cccc(C)n1)S(=O)(=O)c1cc(CN)cs1. The third-order valence-electron chi connectivity index (χ3n) is 3.10. The number of aryl methyl sites for hydroxylation is 1. The Balaban J connectivity index is 2.27. The molecule has 0 unspecified atom stereocenters. The molecule has 7 heteroatoms. The van der Waals surface area contributed by atoms with E-state index in [1.165, 1.54) is 15.6 Å². The van der Waals surface area contributed by atoms with Crippen LogP contribution in [0.4, 0.5) is 0 Å². The van der Waals surface area contributed by atoms with Gasteiger partial charge < -0.3 is 5.73 Å². The summed E-state index contributed by atoms with van der Waals surface area (Å²) in [6.45, 7) is 4.73. The molecular formula is C14H19N3O2S2. The van der Waals surface area contributed by atoms with Crippen LogP contribution < -0.4 is 5.73 Å². The van der Waals surface area contributed by atoms with Gasteiger partial charge in [-0.3, -0.25) is 4.98 Å². The van der Waals surface area contributed by atoms with Crippen molar-refractivity contribution in [3.63, 3.8) is 0 Å². The summed E-state index contributed by atoms with van der Waals surface area (Å²) in [5, 5.41) is 1.78. The second-order valence-electron chi connectivity index (χ2n) is 4.68.